The van der Waals surface area contributed by atoms with Crippen LogP contribution in [0.25, 0.3) is 11.1 Å². The number of benzene rings is 2. The fourth-order valence-corrected chi connectivity index (χ4v) is 1.54. The van der Waals surface area contributed by atoms with Crippen molar-refractivity contribution in [2.75, 3.05) is 0 Å². The molecular weight excluding hydrogens is 301 g/mol. The molecule has 0 aliphatic carbocycles. The van der Waals surface area contributed by atoms with Gasteiger partial charge in [-0.15, -0.1) is 0 Å². The minimum absolute atomic E-state index is 0.337. The lowest BCUT2D eigenvalue weighted by molar-refractivity contribution is -0.192. The molecule has 0 atom stereocenters. The largest absolute Gasteiger partial charge is 0.490 e. The molecule has 2 aromatic rings. The zero-order valence-electron chi connectivity index (χ0n) is 11.0. The molecule has 22 heavy (non-hydrogen) atoms. The summed E-state index contributed by atoms with van der Waals surface area (Å²) in [4.78, 5) is 19.9. The first-order chi connectivity index (χ1) is 10.2. The van der Waals surface area contributed by atoms with Crippen molar-refractivity contribution in [3.05, 3.63) is 60.2 Å². The van der Waals surface area contributed by atoms with E-state index in [1.165, 1.54) is 0 Å². The van der Waals surface area contributed by atoms with Crippen LogP contribution in [0.2, 0.25) is 0 Å². The molecule has 116 valence electrons. The summed E-state index contributed by atoms with van der Waals surface area (Å²) >= 11 is 0. The van der Waals surface area contributed by atoms with Gasteiger partial charge in [0.2, 0.25) is 0 Å². The predicted molar refractivity (Wildman–Crippen MR) is 72.5 cm³/mol. The molecule has 0 heterocycles. The number of rotatable bonds is 2. The van der Waals surface area contributed by atoms with Gasteiger partial charge >= 0.3 is 18.1 Å². The number of aliphatic carboxylic acids is 1. The second-order valence-corrected chi connectivity index (χ2v) is 4.02. The maximum absolute atomic E-state index is 11.0. The summed E-state index contributed by atoms with van der Waals surface area (Å²) in [7, 11) is 0. The van der Waals surface area contributed by atoms with Gasteiger partial charge in [-0.1, -0.05) is 48.5 Å². The van der Waals surface area contributed by atoms with Gasteiger partial charge in [-0.2, -0.15) is 13.2 Å². The van der Waals surface area contributed by atoms with Crippen molar-refractivity contribution in [2.24, 2.45) is 0 Å². The van der Waals surface area contributed by atoms with Crippen molar-refractivity contribution >= 4 is 11.9 Å². The van der Waals surface area contributed by atoms with Crippen molar-refractivity contribution < 1.29 is 33.0 Å². The van der Waals surface area contributed by atoms with E-state index < -0.39 is 18.1 Å². The van der Waals surface area contributed by atoms with E-state index in [4.69, 9.17) is 15.0 Å². The van der Waals surface area contributed by atoms with Gasteiger partial charge in [0.05, 0.1) is 5.56 Å². The second kappa shape index (κ2) is 7.26. The minimum Gasteiger partial charge on any atom is -0.478 e. The van der Waals surface area contributed by atoms with E-state index in [9.17, 15) is 18.0 Å². The van der Waals surface area contributed by atoms with Crippen molar-refractivity contribution in [2.45, 2.75) is 6.18 Å². The SMILES string of the molecule is O=C(O)C(F)(F)F.O=C(O)c1ccccc1-c1ccccc1. The smallest absolute Gasteiger partial charge is 0.478 e. The van der Waals surface area contributed by atoms with Crippen LogP contribution in [0.3, 0.4) is 0 Å². The van der Waals surface area contributed by atoms with E-state index in [1.54, 1.807) is 12.1 Å². The van der Waals surface area contributed by atoms with Crippen LogP contribution in [-0.2, 0) is 4.79 Å². The highest BCUT2D eigenvalue weighted by Crippen LogP contribution is 2.23. The normalized spacial score (nSPS) is 10.3. The van der Waals surface area contributed by atoms with E-state index in [-0.39, 0.29) is 0 Å². The second-order valence-electron chi connectivity index (χ2n) is 4.02. The maximum atomic E-state index is 11.0. The summed E-state index contributed by atoms with van der Waals surface area (Å²) < 4.78 is 31.7. The van der Waals surface area contributed by atoms with E-state index >= 15 is 0 Å². The van der Waals surface area contributed by atoms with E-state index in [0.717, 1.165) is 11.1 Å². The van der Waals surface area contributed by atoms with Crippen LogP contribution in [0, 0.1) is 0 Å². The van der Waals surface area contributed by atoms with Gasteiger partial charge < -0.3 is 10.2 Å². The molecule has 7 heteroatoms. The topological polar surface area (TPSA) is 74.6 Å². The first kappa shape index (κ1) is 17.2. The Kier molecular flexibility index (Phi) is 5.68. The molecule has 0 aliphatic heterocycles. The fourth-order valence-electron chi connectivity index (χ4n) is 1.54. The molecule has 2 aromatic carbocycles. The number of carbonyl (C=O) groups is 2. The summed E-state index contributed by atoms with van der Waals surface area (Å²) in [6, 6.07) is 16.5. The molecule has 0 fully saturated rings. The van der Waals surface area contributed by atoms with Gasteiger partial charge in [0.15, 0.2) is 0 Å². The van der Waals surface area contributed by atoms with Gasteiger partial charge in [-0.05, 0) is 17.2 Å². The summed E-state index contributed by atoms with van der Waals surface area (Å²) in [5.41, 5.74) is 2.02. The minimum atomic E-state index is -5.08. The van der Waals surface area contributed by atoms with Crippen molar-refractivity contribution in [1.29, 1.82) is 0 Å². The van der Waals surface area contributed by atoms with Gasteiger partial charge in [-0.3, -0.25) is 0 Å². The summed E-state index contributed by atoms with van der Waals surface area (Å²) in [6.45, 7) is 0. The number of hydrogen-bond donors (Lipinski definition) is 2. The highest BCUT2D eigenvalue weighted by molar-refractivity contribution is 5.95. The number of halogens is 3. The Morgan fingerprint density at radius 1 is 0.818 bits per heavy atom. The van der Waals surface area contributed by atoms with Crippen LogP contribution < -0.4 is 0 Å². The Bertz CT molecular complexity index is 651. The first-order valence-electron chi connectivity index (χ1n) is 5.91. The Hall–Kier alpha value is -2.83. The Labute approximate surface area is 123 Å². The van der Waals surface area contributed by atoms with E-state index in [0.29, 0.717) is 5.56 Å². The molecule has 2 rings (SSSR count). The molecule has 0 aromatic heterocycles. The molecule has 0 unspecified atom stereocenters. The van der Waals surface area contributed by atoms with Crippen LogP contribution >= 0.6 is 0 Å². The van der Waals surface area contributed by atoms with Crippen LogP contribution in [0.5, 0.6) is 0 Å². The summed E-state index contributed by atoms with van der Waals surface area (Å²) in [6.07, 6.45) is -5.08. The van der Waals surface area contributed by atoms with Crippen molar-refractivity contribution in [3.8, 4) is 11.1 Å². The fraction of sp³-hybridized carbons (Fsp3) is 0.0667. The molecule has 0 amide bonds. The number of aromatic carboxylic acids is 1. The third-order valence-electron chi connectivity index (χ3n) is 2.48. The zero-order chi connectivity index (χ0) is 16.8. The monoisotopic (exact) mass is 312 g/mol. The third kappa shape index (κ3) is 4.93. The average molecular weight is 312 g/mol. The molecule has 4 nitrogen and oxygen atoms in total. The number of alkyl halides is 3. The maximum Gasteiger partial charge on any atom is 0.490 e. The highest BCUT2D eigenvalue weighted by Gasteiger charge is 2.38. The highest BCUT2D eigenvalue weighted by atomic mass is 19.4. The molecule has 0 radical (unpaired) electrons. The lowest BCUT2D eigenvalue weighted by Crippen LogP contribution is -2.21. The van der Waals surface area contributed by atoms with Crippen LogP contribution in [-0.4, -0.2) is 28.3 Å². The molecular formula is C15H11F3O4. The third-order valence-corrected chi connectivity index (χ3v) is 2.48. The van der Waals surface area contributed by atoms with Crippen LogP contribution in [0.15, 0.2) is 54.6 Å². The van der Waals surface area contributed by atoms with Gasteiger partial charge in [0.1, 0.15) is 0 Å². The van der Waals surface area contributed by atoms with Crippen LogP contribution in [0.4, 0.5) is 13.2 Å². The van der Waals surface area contributed by atoms with Gasteiger partial charge in [-0.25, -0.2) is 9.59 Å². The number of hydrogen-bond acceptors (Lipinski definition) is 2. The standard InChI is InChI=1S/C13H10O2.C2HF3O2/c14-13(15)12-9-5-4-8-11(12)10-6-2-1-3-7-10;3-2(4,5)1(6)7/h1-9H,(H,14,15);(H,6,7). The Morgan fingerprint density at radius 2 is 1.27 bits per heavy atom. The zero-order valence-corrected chi connectivity index (χ0v) is 11.0. The number of carboxylic acids is 2. The van der Waals surface area contributed by atoms with Gasteiger partial charge in [0, 0.05) is 0 Å². The molecule has 0 spiro atoms. The number of carboxylic acid groups (broad SMARTS) is 2. The Balaban J connectivity index is 0.000000295. The van der Waals surface area contributed by atoms with Crippen LogP contribution in [0.1, 0.15) is 10.4 Å². The lowest BCUT2D eigenvalue weighted by Gasteiger charge is -2.05. The van der Waals surface area contributed by atoms with Crippen molar-refractivity contribution in [1.82, 2.24) is 0 Å². The summed E-state index contributed by atoms with van der Waals surface area (Å²) in [5, 5.41) is 16.2. The van der Waals surface area contributed by atoms with E-state index in [2.05, 4.69) is 0 Å². The van der Waals surface area contributed by atoms with E-state index in [1.807, 2.05) is 42.5 Å². The van der Waals surface area contributed by atoms with Crippen molar-refractivity contribution in [3.63, 3.8) is 0 Å². The lowest BCUT2D eigenvalue weighted by atomic mass is 10.00. The first-order valence-corrected chi connectivity index (χ1v) is 5.91. The molecule has 0 bridgehead atoms. The van der Waals surface area contributed by atoms with Gasteiger partial charge in [0.25, 0.3) is 0 Å². The predicted octanol–water partition coefficient (Wildman–Crippen LogP) is 3.69. The average Bonchev–Trinajstić information content (AvgIpc) is 2.48. The summed E-state index contributed by atoms with van der Waals surface area (Å²) in [5.74, 6) is -3.65. The molecule has 0 saturated carbocycles. The Morgan fingerprint density at radius 3 is 1.73 bits per heavy atom. The quantitative estimate of drug-likeness (QED) is 0.887. The molecule has 2 N–H and O–H groups in total. The molecule has 0 aliphatic rings. The molecule has 0 saturated heterocycles.